The fraction of sp³-hybridized carbons (Fsp3) is 0.0769. The third-order valence-electron chi connectivity index (χ3n) is 2.62. The second kappa shape index (κ2) is 6.19. The van der Waals surface area contributed by atoms with Crippen LogP contribution < -0.4 is 5.32 Å². The Morgan fingerprint density at radius 1 is 1.30 bits per heavy atom. The standard InChI is InChI=1S/C13H9BrClFN2O2/c14-10-3-2-9(6-13(10)18(19)20)17-7-8-1-4-11(15)12(16)5-8/h1-6,17H,7H2. The molecule has 0 aliphatic carbocycles. The molecular weight excluding hydrogens is 351 g/mol. The number of nitrogens with one attached hydrogen (secondary N) is 1. The summed E-state index contributed by atoms with van der Waals surface area (Å²) in [6.45, 7) is 0.340. The van der Waals surface area contributed by atoms with E-state index in [0.29, 0.717) is 22.3 Å². The van der Waals surface area contributed by atoms with Crippen LogP contribution in [0.25, 0.3) is 0 Å². The quantitative estimate of drug-likeness (QED) is 0.632. The number of rotatable bonds is 4. The van der Waals surface area contributed by atoms with Crippen LogP contribution in [0.15, 0.2) is 40.9 Å². The fourth-order valence-electron chi connectivity index (χ4n) is 1.62. The Kier molecular flexibility index (Phi) is 4.57. The van der Waals surface area contributed by atoms with Crippen molar-refractivity contribution in [3.63, 3.8) is 0 Å². The zero-order chi connectivity index (χ0) is 14.7. The molecule has 0 spiro atoms. The molecule has 0 fully saturated rings. The largest absolute Gasteiger partial charge is 0.381 e. The first kappa shape index (κ1) is 14.7. The molecule has 2 aromatic rings. The fourth-order valence-corrected chi connectivity index (χ4v) is 2.13. The van der Waals surface area contributed by atoms with Crippen LogP contribution in [0.5, 0.6) is 0 Å². The lowest BCUT2D eigenvalue weighted by Crippen LogP contribution is -2.01. The molecule has 2 rings (SSSR count). The highest BCUT2D eigenvalue weighted by atomic mass is 79.9. The number of halogens is 3. The maximum Gasteiger partial charge on any atom is 0.285 e. The summed E-state index contributed by atoms with van der Waals surface area (Å²) >= 11 is 8.71. The maximum atomic E-state index is 13.3. The van der Waals surface area contributed by atoms with E-state index in [2.05, 4.69) is 21.2 Å². The monoisotopic (exact) mass is 358 g/mol. The summed E-state index contributed by atoms with van der Waals surface area (Å²) in [5.41, 5.74) is 1.24. The average molecular weight is 360 g/mol. The number of nitro groups is 1. The van der Waals surface area contributed by atoms with Crippen LogP contribution in [0.3, 0.4) is 0 Å². The van der Waals surface area contributed by atoms with Gasteiger partial charge >= 0.3 is 0 Å². The van der Waals surface area contributed by atoms with Gasteiger partial charge in [0.15, 0.2) is 0 Å². The summed E-state index contributed by atoms with van der Waals surface area (Å²) in [6.07, 6.45) is 0. The Hall–Kier alpha value is -1.66. The molecule has 0 saturated heterocycles. The number of nitrogens with zero attached hydrogens (tertiary/aromatic N) is 1. The first-order chi connectivity index (χ1) is 9.47. The highest BCUT2D eigenvalue weighted by Gasteiger charge is 2.12. The second-order valence-corrected chi connectivity index (χ2v) is 5.29. The van der Waals surface area contributed by atoms with Crippen molar-refractivity contribution in [2.45, 2.75) is 6.54 Å². The van der Waals surface area contributed by atoms with Gasteiger partial charge in [-0.25, -0.2) is 4.39 Å². The van der Waals surface area contributed by atoms with Crippen LogP contribution in [0, 0.1) is 15.9 Å². The molecular formula is C13H9BrClFN2O2. The Morgan fingerprint density at radius 2 is 2.05 bits per heavy atom. The molecule has 0 heterocycles. The second-order valence-electron chi connectivity index (χ2n) is 4.03. The molecule has 0 aromatic heterocycles. The minimum atomic E-state index is -0.493. The van der Waals surface area contributed by atoms with Gasteiger partial charge in [-0.1, -0.05) is 17.7 Å². The van der Waals surface area contributed by atoms with E-state index >= 15 is 0 Å². The number of anilines is 1. The van der Waals surface area contributed by atoms with Crippen molar-refractivity contribution in [1.82, 2.24) is 0 Å². The molecule has 0 bridgehead atoms. The van der Waals surface area contributed by atoms with Crippen molar-refractivity contribution in [3.8, 4) is 0 Å². The maximum absolute atomic E-state index is 13.3. The van der Waals surface area contributed by atoms with E-state index in [1.54, 1.807) is 18.2 Å². The molecule has 1 N–H and O–H groups in total. The predicted molar refractivity (Wildman–Crippen MR) is 79.5 cm³/mol. The zero-order valence-corrected chi connectivity index (χ0v) is 12.4. The van der Waals surface area contributed by atoms with Gasteiger partial charge < -0.3 is 5.32 Å². The molecule has 0 amide bonds. The van der Waals surface area contributed by atoms with Gasteiger partial charge in [0.25, 0.3) is 5.69 Å². The Morgan fingerprint density at radius 3 is 2.70 bits per heavy atom. The first-order valence-electron chi connectivity index (χ1n) is 5.59. The average Bonchev–Trinajstić information content (AvgIpc) is 2.41. The van der Waals surface area contributed by atoms with Crippen molar-refractivity contribution >= 4 is 38.9 Å². The van der Waals surface area contributed by atoms with Gasteiger partial charge in [0.1, 0.15) is 5.82 Å². The highest BCUT2D eigenvalue weighted by molar-refractivity contribution is 9.10. The Balaban J connectivity index is 2.12. The molecule has 0 saturated carbocycles. The third-order valence-corrected chi connectivity index (χ3v) is 3.60. The van der Waals surface area contributed by atoms with Crippen molar-refractivity contribution in [3.05, 3.63) is 67.4 Å². The summed E-state index contributed by atoms with van der Waals surface area (Å²) in [5.74, 6) is -0.493. The summed E-state index contributed by atoms with van der Waals surface area (Å²) in [7, 11) is 0. The number of hydrogen-bond acceptors (Lipinski definition) is 3. The summed E-state index contributed by atoms with van der Waals surface area (Å²) < 4.78 is 13.7. The van der Waals surface area contributed by atoms with Crippen molar-refractivity contribution < 1.29 is 9.31 Å². The van der Waals surface area contributed by atoms with E-state index in [1.807, 2.05) is 0 Å². The lowest BCUT2D eigenvalue weighted by atomic mass is 10.2. The molecule has 0 radical (unpaired) electrons. The van der Waals surface area contributed by atoms with Crippen LogP contribution in [0.1, 0.15) is 5.56 Å². The smallest absolute Gasteiger partial charge is 0.285 e. The van der Waals surface area contributed by atoms with Crippen molar-refractivity contribution in [2.75, 3.05) is 5.32 Å². The van der Waals surface area contributed by atoms with Gasteiger partial charge in [0.2, 0.25) is 0 Å². The minimum Gasteiger partial charge on any atom is -0.381 e. The third kappa shape index (κ3) is 3.46. The van der Waals surface area contributed by atoms with Gasteiger partial charge in [-0.3, -0.25) is 10.1 Å². The minimum absolute atomic E-state index is 0.0303. The van der Waals surface area contributed by atoms with E-state index in [0.717, 1.165) is 0 Å². The normalized spacial score (nSPS) is 10.3. The zero-order valence-electron chi connectivity index (χ0n) is 10.1. The van der Waals surface area contributed by atoms with Crippen LogP contribution >= 0.6 is 27.5 Å². The molecule has 104 valence electrons. The SMILES string of the molecule is O=[N+]([O-])c1cc(NCc2ccc(Cl)c(F)c2)ccc1Br. The first-order valence-corrected chi connectivity index (χ1v) is 6.76. The lowest BCUT2D eigenvalue weighted by molar-refractivity contribution is -0.385. The van der Waals surface area contributed by atoms with Crippen LogP contribution in [-0.2, 0) is 6.54 Å². The Bertz CT molecular complexity index is 667. The summed E-state index contributed by atoms with van der Waals surface area (Å²) in [4.78, 5) is 10.3. The van der Waals surface area contributed by atoms with Crippen LogP contribution in [0.2, 0.25) is 5.02 Å². The van der Waals surface area contributed by atoms with Gasteiger partial charge in [-0.15, -0.1) is 0 Å². The molecule has 0 aliphatic rings. The molecule has 0 unspecified atom stereocenters. The van der Waals surface area contributed by atoms with E-state index in [4.69, 9.17) is 11.6 Å². The van der Waals surface area contributed by atoms with Crippen LogP contribution in [-0.4, -0.2) is 4.92 Å². The van der Waals surface area contributed by atoms with Crippen LogP contribution in [0.4, 0.5) is 15.8 Å². The van der Waals surface area contributed by atoms with Crippen molar-refractivity contribution in [1.29, 1.82) is 0 Å². The van der Waals surface area contributed by atoms with Gasteiger partial charge in [-0.05, 0) is 45.8 Å². The summed E-state index contributed by atoms with van der Waals surface area (Å²) in [6, 6.07) is 9.18. The van der Waals surface area contributed by atoms with E-state index in [9.17, 15) is 14.5 Å². The molecule has 2 aromatic carbocycles. The number of nitro benzene ring substituents is 1. The van der Waals surface area contributed by atoms with Gasteiger partial charge in [0.05, 0.1) is 14.4 Å². The predicted octanol–water partition coefficient (Wildman–Crippen LogP) is 4.76. The Labute approximate surface area is 127 Å². The van der Waals surface area contributed by atoms with Crippen molar-refractivity contribution in [2.24, 2.45) is 0 Å². The van der Waals surface area contributed by atoms with Gasteiger partial charge in [-0.2, -0.15) is 0 Å². The van der Waals surface area contributed by atoms with E-state index in [1.165, 1.54) is 18.2 Å². The van der Waals surface area contributed by atoms with E-state index < -0.39 is 10.7 Å². The molecule has 7 heteroatoms. The van der Waals surface area contributed by atoms with E-state index in [-0.39, 0.29) is 10.7 Å². The number of benzene rings is 2. The highest BCUT2D eigenvalue weighted by Crippen LogP contribution is 2.28. The molecule has 0 atom stereocenters. The molecule has 20 heavy (non-hydrogen) atoms. The molecule has 4 nitrogen and oxygen atoms in total. The number of hydrogen-bond donors (Lipinski definition) is 1. The van der Waals surface area contributed by atoms with Gasteiger partial charge in [0, 0.05) is 18.3 Å². The summed E-state index contributed by atoms with van der Waals surface area (Å²) in [5, 5.41) is 13.9. The topological polar surface area (TPSA) is 55.2 Å². The molecule has 0 aliphatic heterocycles. The lowest BCUT2D eigenvalue weighted by Gasteiger charge is -2.07.